The van der Waals surface area contributed by atoms with E-state index in [0.29, 0.717) is 0 Å². The second-order valence-electron chi connectivity index (χ2n) is 5.65. The Labute approximate surface area is 134 Å². The lowest BCUT2D eigenvalue weighted by molar-refractivity contribution is 0.724. The topological polar surface area (TPSA) is 81.8 Å². The van der Waals surface area contributed by atoms with Gasteiger partial charge in [-0.25, -0.2) is 9.97 Å². The fraction of sp³-hybridized carbons (Fsp3) is 0.312. The number of nitrogens with one attached hydrogen (secondary N) is 3. The monoisotopic (exact) mass is 309 g/mol. The lowest BCUT2D eigenvalue weighted by atomic mass is 10.2. The molecule has 118 valence electrons. The highest BCUT2D eigenvalue weighted by atomic mass is 15.2. The highest BCUT2D eigenvalue weighted by Crippen LogP contribution is 2.22. The van der Waals surface area contributed by atoms with Crippen LogP contribution in [0.2, 0.25) is 0 Å². The molecule has 23 heavy (non-hydrogen) atoms. The van der Waals surface area contributed by atoms with Crippen molar-refractivity contribution in [1.29, 1.82) is 0 Å². The maximum atomic E-state index is 4.42. The van der Waals surface area contributed by atoms with Crippen LogP contribution in [0, 0.1) is 0 Å². The molecule has 0 amide bonds. The van der Waals surface area contributed by atoms with Gasteiger partial charge in [-0.3, -0.25) is 5.10 Å². The van der Waals surface area contributed by atoms with Crippen LogP contribution < -0.4 is 15.5 Å². The Morgan fingerprint density at radius 1 is 1.09 bits per heavy atom. The summed E-state index contributed by atoms with van der Waals surface area (Å²) in [4.78, 5) is 11.1. The van der Waals surface area contributed by atoms with Crippen LogP contribution >= 0.6 is 0 Å². The smallest absolute Gasteiger partial charge is 0.135 e. The number of nitrogens with zero attached hydrogens (tertiary/aromatic N) is 4. The van der Waals surface area contributed by atoms with Gasteiger partial charge in [-0.1, -0.05) is 0 Å². The van der Waals surface area contributed by atoms with Gasteiger partial charge in [-0.05, 0) is 31.2 Å². The lowest BCUT2D eigenvalue weighted by Gasteiger charge is -2.21. The molecule has 3 aromatic rings. The van der Waals surface area contributed by atoms with E-state index in [1.54, 1.807) is 6.33 Å². The van der Waals surface area contributed by atoms with Crippen molar-refractivity contribution in [3.8, 4) is 0 Å². The number of aromatic nitrogens is 4. The van der Waals surface area contributed by atoms with Gasteiger partial charge in [0.05, 0.1) is 11.7 Å². The van der Waals surface area contributed by atoms with Crippen molar-refractivity contribution in [1.82, 2.24) is 25.5 Å². The quantitative estimate of drug-likeness (QED) is 0.685. The van der Waals surface area contributed by atoms with Gasteiger partial charge in [0.2, 0.25) is 0 Å². The molecule has 1 saturated heterocycles. The first-order chi connectivity index (χ1) is 11.4. The SMILES string of the molecule is c1nc(Nc2ccc3[nH]ncc3c2)cc(N2CCCNCC2)n1. The number of rotatable bonds is 3. The number of anilines is 3. The minimum absolute atomic E-state index is 0.801. The van der Waals surface area contributed by atoms with Crippen molar-refractivity contribution in [2.24, 2.45) is 0 Å². The number of H-pyrrole nitrogens is 1. The molecule has 0 spiro atoms. The summed E-state index contributed by atoms with van der Waals surface area (Å²) in [6, 6.07) is 8.08. The largest absolute Gasteiger partial charge is 0.355 e. The second kappa shape index (κ2) is 6.21. The Bertz CT molecular complexity index is 790. The van der Waals surface area contributed by atoms with Gasteiger partial charge in [0.15, 0.2) is 0 Å². The van der Waals surface area contributed by atoms with Crippen LogP contribution in [0.15, 0.2) is 36.8 Å². The fourth-order valence-electron chi connectivity index (χ4n) is 2.83. The zero-order chi connectivity index (χ0) is 15.5. The normalized spacial score (nSPS) is 15.6. The van der Waals surface area contributed by atoms with E-state index in [9.17, 15) is 0 Å². The molecule has 0 radical (unpaired) electrons. The van der Waals surface area contributed by atoms with E-state index in [4.69, 9.17) is 0 Å². The van der Waals surface area contributed by atoms with Crippen LogP contribution in [0.5, 0.6) is 0 Å². The van der Waals surface area contributed by atoms with Gasteiger partial charge in [-0.2, -0.15) is 5.10 Å². The van der Waals surface area contributed by atoms with Gasteiger partial charge < -0.3 is 15.5 Å². The summed E-state index contributed by atoms with van der Waals surface area (Å²) < 4.78 is 0. The summed E-state index contributed by atoms with van der Waals surface area (Å²) in [7, 11) is 0. The van der Waals surface area contributed by atoms with E-state index in [2.05, 4.69) is 41.8 Å². The molecule has 1 fully saturated rings. The molecule has 0 saturated carbocycles. The molecule has 2 aromatic heterocycles. The molecule has 7 nitrogen and oxygen atoms in total. The summed E-state index contributed by atoms with van der Waals surface area (Å²) >= 11 is 0. The van der Waals surface area contributed by atoms with Crippen LogP contribution in [0.1, 0.15) is 6.42 Å². The van der Waals surface area contributed by atoms with E-state index in [1.807, 2.05) is 24.4 Å². The van der Waals surface area contributed by atoms with Crippen LogP contribution in [-0.4, -0.2) is 46.3 Å². The standard InChI is InChI=1S/C16H19N7/c1-4-17-5-7-23(6-1)16-9-15(18-11-19-16)21-13-2-3-14-12(8-13)10-20-22-14/h2-3,8-11,17H,1,4-7H2,(H,20,22)(H,18,19,21). The van der Waals surface area contributed by atoms with Crippen LogP contribution in [-0.2, 0) is 0 Å². The van der Waals surface area contributed by atoms with Crippen molar-refractivity contribution in [2.75, 3.05) is 36.4 Å². The maximum absolute atomic E-state index is 4.42. The third kappa shape index (κ3) is 3.09. The van der Waals surface area contributed by atoms with Crippen LogP contribution in [0.25, 0.3) is 10.9 Å². The Morgan fingerprint density at radius 3 is 3.09 bits per heavy atom. The van der Waals surface area contributed by atoms with E-state index in [1.165, 1.54) is 0 Å². The first kappa shape index (κ1) is 14.0. The second-order valence-corrected chi connectivity index (χ2v) is 5.65. The predicted octanol–water partition coefficient (Wildman–Crippen LogP) is 1.90. The third-order valence-electron chi connectivity index (χ3n) is 4.03. The molecule has 0 atom stereocenters. The van der Waals surface area contributed by atoms with E-state index < -0.39 is 0 Å². The molecular weight excluding hydrogens is 290 g/mol. The molecule has 1 aliphatic heterocycles. The molecule has 3 N–H and O–H groups in total. The van der Waals surface area contributed by atoms with Crippen molar-refractivity contribution in [3.05, 3.63) is 36.8 Å². The lowest BCUT2D eigenvalue weighted by Crippen LogP contribution is -2.28. The number of benzene rings is 1. The molecule has 7 heteroatoms. The van der Waals surface area contributed by atoms with Gasteiger partial charge in [0.25, 0.3) is 0 Å². The molecule has 1 aliphatic rings. The van der Waals surface area contributed by atoms with E-state index in [-0.39, 0.29) is 0 Å². The fourth-order valence-corrected chi connectivity index (χ4v) is 2.83. The highest BCUT2D eigenvalue weighted by Gasteiger charge is 2.11. The average Bonchev–Trinajstić information content (AvgIpc) is 2.87. The third-order valence-corrected chi connectivity index (χ3v) is 4.03. The maximum Gasteiger partial charge on any atom is 0.135 e. The van der Waals surface area contributed by atoms with Gasteiger partial charge in [0.1, 0.15) is 18.0 Å². The summed E-state index contributed by atoms with van der Waals surface area (Å²) in [6.07, 6.45) is 4.56. The minimum atomic E-state index is 0.801. The zero-order valence-electron chi connectivity index (χ0n) is 12.8. The first-order valence-corrected chi connectivity index (χ1v) is 7.86. The zero-order valence-corrected chi connectivity index (χ0v) is 12.8. The Kier molecular flexibility index (Phi) is 3.77. The number of hydrogen-bond donors (Lipinski definition) is 3. The number of fused-ring (bicyclic) bond motifs is 1. The Hall–Kier alpha value is -2.67. The first-order valence-electron chi connectivity index (χ1n) is 7.86. The average molecular weight is 309 g/mol. The molecule has 1 aromatic carbocycles. The molecular formula is C16H19N7. The highest BCUT2D eigenvalue weighted by molar-refractivity contribution is 5.82. The summed E-state index contributed by atoms with van der Waals surface area (Å²) in [5, 5.41) is 14.8. The van der Waals surface area contributed by atoms with Crippen molar-refractivity contribution in [3.63, 3.8) is 0 Å². The van der Waals surface area contributed by atoms with Crippen LogP contribution in [0.3, 0.4) is 0 Å². The van der Waals surface area contributed by atoms with Crippen molar-refractivity contribution >= 4 is 28.2 Å². The molecule has 4 rings (SSSR count). The number of aromatic amines is 1. The minimum Gasteiger partial charge on any atom is -0.355 e. The van der Waals surface area contributed by atoms with Gasteiger partial charge in [0, 0.05) is 36.8 Å². The molecule has 0 aliphatic carbocycles. The van der Waals surface area contributed by atoms with E-state index >= 15 is 0 Å². The number of hydrogen-bond acceptors (Lipinski definition) is 6. The molecule has 0 bridgehead atoms. The molecule has 3 heterocycles. The van der Waals surface area contributed by atoms with Crippen molar-refractivity contribution < 1.29 is 0 Å². The predicted molar refractivity (Wildman–Crippen MR) is 91.1 cm³/mol. The van der Waals surface area contributed by atoms with E-state index in [0.717, 1.165) is 60.8 Å². The Balaban J connectivity index is 1.55. The Morgan fingerprint density at radius 2 is 2.09 bits per heavy atom. The summed E-state index contributed by atoms with van der Waals surface area (Å²) in [6.45, 7) is 4.04. The van der Waals surface area contributed by atoms with Gasteiger partial charge in [-0.15, -0.1) is 0 Å². The van der Waals surface area contributed by atoms with Crippen LogP contribution in [0.4, 0.5) is 17.3 Å². The summed E-state index contributed by atoms with van der Waals surface area (Å²) in [5.41, 5.74) is 2.01. The van der Waals surface area contributed by atoms with Gasteiger partial charge >= 0.3 is 0 Å². The summed E-state index contributed by atoms with van der Waals surface area (Å²) in [5.74, 6) is 1.77. The molecule has 0 unspecified atom stereocenters. The van der Waals surface area contributed by atoms with Crippen molar-refractivity contribution in [2.45, 2.75) is 6.42 Å².